The van der Waals surface area contributed by atoms with E-state index in [2.05, 4.69) is 33.3 Å². The lowest BCUT2D eigenvalue weighted by Gasteiger charge is -2.35. The van der Waals surface area contributed by atoms with Gasteiger partial charge in [0, 0.05) is 13.1 Å². The lowest BCUT2D eigenvalue weighted by Crippen LogP contribution is -2.61. The molecule has 0 aliphatic carbocycles. The molecule has 0 radical (unpaired) electrons. The fourth-order valence-corrected chi connectivity index (χ4v) is 1.20. The van der Waals surface area contributed by atoms with Crippen LogP contribution >= 0.6 is 12.8 Å². The van der Waals surface area contributed by atoms with Crippen molar-refractivity contribution in [1.82, 2.24) is 15.3 Å². The van der Waals surface area contributed by atoms with E-state index in [1.807, 2.05) is 0 Å². The molecule has 8 nitrogen and oxygen atoms in total. The first-order chi connectivity index (χ1) is 7.03. The fraction of sp³-hybridized carbons (Fsp3) is 0.333. The van der Waals surface area contributed by atoms with Gasteiger partial charge in [-0.15, -0.1) is 4.41 Å². The fourth-order valence-electron chi connectivity index (χ4n) is 0.953. The summed E-state index contributed by atoms with van der Waals surface area (Å²) in [4.78, 5) is 26.6. The van der Waals surface area contributed by atoms with E-state index in [0.29, 0.717) is 0 Å². The van der Waals surface area contributed by atoms with Crippen molar-refractivity contribution in [2.75, 3.05) is 7.05 Å². The van der Waals surface area contributed by atoms with Gasteiger partial charge in [-0.05, 0) is 0 Å². The molecule has 15 heavy (non-hydrogen) atoms. The number of hydrazine groups is 1. The highest BCUT2D eigenvalue weighted by atomic mass is 32.1. The predicted octanol–water partition coefficient (Wildman–Crippen LogP) is -0.766. The summed E-state index contributed by atoms with van der Waals surface area (Å²) in [6.45, 7) is 0. The van der Waals surface area contributed by atoms with Gasteiger partial charge in [-0.1, -0.05) is 18.4 Å². The Morgan fingerprint density at radius 1 is 1.73 bits per heavy atom. The van der Waals surface area contributed by atoms with Crippen LogP contribution in [0, 0.1) is 0 Å². The second kappa shape index (κ2) is 4.38. The van der Waals surface area contributed by atoms with E-state index in [1.54, 1.807) is 0 Å². The van der Waals surface area contributed by atoms with Gasteiger partial charge in [-0.2, -0.15) is 0 Å². The van der Waals surface area contributed by atoms with Crippen molar-refractivity contribution >= 4 is 24.9 Å². The summed E-state index contributed by atoms with van der Waals surface area (Å²) < 4.78 is 5.25. The number of thiol groups is 1. The van der Waals surface area contributed by atoms with Crippen molar-refractivity contribution < 1.29 is 24.3 Å². The van der Waals surface area contributed by atoms with Crippen LogP contribution in [0.25, 0.3) is 0 Å². The van der Waals surface area contributed by atoms with Crippen LogP contribution in [0.3, 0.4) is 0 Å². The van der Waals surface area contributed by atoms with Gasteiger partial charge < -0.3 is 20.0 Å². The molecular weight excluding hydrogens is 226 g/mol. The number of nitrogens with one attached hydrogen (secondary N) is 2. The van der Waals surface area contributed by atoms with Gasteiger partial charge in [0.1, 0.15) is 6.26 Å². The zero-order valence-corrected chi connectivity index (χ0v) is 8.52. The van der Waals surface area contributed by atoms with Crippen LogP contribution in [0.1, 0.15) is 0 Å². The van der Waals surface area contributed by atoms with Gasteiger partial charge in [-0.25, -0.2) is 4.79 Å². The molecule has 1 atom stereocenters. The third-order valence-corrected chi connectivity index (χ3v) is 1.99. The number of rotatable bonds is 2. The molecule has 0 saturated carbocycles. The Kier molecular flexibility index (Phi) is 3.39. The van der Waals surface area contributed by atoms with Crippen LogP contribution in [0.2, 0.25) is 0 Å². The minimum Gasteiger partial charge on any atom is -0.450 e. The van der Waals surface area contributed by atoms with Gasteiger partial charge in [-0.3, -0.25) is 4.79 Å². The zero-order valence-electron chi connectivity index (χ0n) is 7.63. The summed E-state index contributed by atoms with van der Waals surface area (Å²) in [5, 5.41) is 10.8. The van der Waals surface area contributed by atoms with Crippen molar-refractivity contribution in [3.05, 3.63) is 12.3 Å². The van der Waals surface area contributed by atoms with Gasteiger partial charge in [0.25, 0.3) is 11.6 Å². The Hall–Kier alpha value is -1.45. The molecule has 84 valence electrons. The smallest absolute Gasteiger partial charge is 0.450 e. The van der Waals surface area contributed by atoms with Crippen LogP contribution in [0.15, 0.2) is 12.3 Å². The molecule has 1 amide bonds. The summed E-state index contributed by atoms with van der Waals surface area (Å²) in [6.07, 6.45) is 0.556. The average Bonchev–Trinajstić information content (AvgIpc) is 2.19. The van der Waals surface area contributed by atoms with Crippen LogP contribution in [-0.2, 0) is 14.4 Å². The number of hydrogen-bond donors (Lipinski definition) is 4. The number of ether oxygens (including phenoxy) is 1. The minimum absolute atomic E-state index is 0.716. The second-order valence-corrected chi connectivity index (χ2v) is 2.87. The average molecular weight is 235 g/mol. The van der Waals surface area contributed by atoms with E-state index in [0.717, 1.165) is 16.8 Å². The number of carbonyl (C=O) groups excluding carboxylic acids is 1. The van der Waals surface area contributed by atoms with Crippen molar-refractivity contribution in [2.45, 2.75) is 5.72 Å². The first-order valence-corrected chi connectivity index (χ1v) is 4.15. The molecule has 0 aromatic carbocycles. The molecule has 1 aliphatic rings. The molecule has 0 spiro atoms. The van der Waals surface area contributed by atoms with E-state index >= 15 is 0 Å². The Labute approximate surface area is 90.3 Å². The lowest BCUT2D eigenvalue weighted by molar-refractivity contribution is -0.168. The maximum absolute atomic E-state index is 11.5. The van der Waals surface area contributed by atoms with E-state index in [1.165, 1.54) is 7.05 Å². The quantitative estimate of drug-likeness (QED) is 0.368. The third kappa shape index (κ3) is 2.14. The molecule has 0 aromatic heterocycles. The molecule has 0 bridgehead atoms. The van der Waals surface area contributed by atoms with E-state index in [-0.39, 0.29) is 0 Å². The highest BCUT2D eigenvalue weighted by molar-refractivity contribution is 7.77. The largest absolute Gasteiger partial charge is 0.508 e. The second-order valence-electron chi connectivity index (χ2n) is 2.47. The predicted molar refractivity (Wildman–Crippen MR) is 50.1 cm³/mol. The molecule has 0 saturated heterocycles. The summed E-state index contributed by atoms with van der Waals surface area (Å²) >= 11 is 3.81. The Morgan fingerprint density at radius 3 is 2.87 bits per heavy atom. The highest BCUT2D eigenvalue weighted by Crippen LogP contribution is 2.23. The summed E-state index contributed by atoms with van der Waals surface area (Å²) in [5.41, 5.74) is 0.254. The number of likely N-dealkylation sites (N-methyl/N-ethyl adjacent to an activating group) is 1. The van der Waals surface area contributed by atoms with E-state index in [4.69, 9.17) is 5.11 Å². The summed E-state index contributed by atoms with van der Waals surface area (Å²) in [5.74, 6) is -0.716. The number of nitrogens with zero attached hydrogens (tertiary/aromatic N) is 1. The minimum atomic E-state index is -1.90. The van der Waals surface area contributed by atoms with Crippen molar-refractivity contribution in [1.29, 1.82) is 0 Å². The first kappa shape index (κ1) is 11.6. The van der Waals surface area contributed by atoms with Crippen molar-refractivity contribution in [3.63, 3.8) is 0 Å². The highest BCUT2D eigenvalue weighted by Gasteiger charge is 2.47. The van der Waals surface area contributed by atoms with E-state index < -0.39 is 17.8 Å². The Balaban J connectivity index is 3.03. The third-order valence-electron chi connectivity index (χ3n) is 1.61. The number of hydrogen-bond acceptors (Lipinski definition) is 7. The molecule has 1 aliphatic heterocycles. The van der Waals surface area contributed by atoms with Crippen molar-refractivity contribution in [3.8, 4) is 0 Å². The maximum atomic E-state index is 11.5. The van der Waals surface area contributed by atoms with Gasteiger partial charge in [0.05, 0.1) is 0 Å². The molecule has 9 heteroatoms. The van der Waals surface area contributed by atoms with Crippen LogP contribution in [-0.4, -0.2) is 34.4 Å². The zero-order chi connectivity index (χ0) is 11.5. The van der Waals surface area contributed by atoms with Crippen LogP contribution < -0.4 is 10.9 Å². The number of carbonyl (C=O) groups is 2. The summed E-state index contributed by atoms with van der Waals surface area (Å²) in [7, 11) is 1.33. The van der Waals surface area contributed by atoms with Gasteiger partial charge in [0.2, 0.25) is 0 Å². The first-order valence-electron chi connectivity index (χ1n) is 3.75. The molecule has 0 fully saturated rings. The van der Waals surface area contributed by atoms with E-state index in [9.17, 15) is 9.59 Å². The van der Waals surface area contributed by atoms with Crippen LogP contribution in [0.4, 0.5) is 4.79 Å². The Bertz CT molecular complexity index is 309. The SMILES string of the molecule is CNC(=O)C1(OC(=O)O)C=CONN1S. The molecule has 0 aromatic rings. The van der Waals surface area contributed by atoms with Gasteiger partial charge >= 0.3 is 6.16 Å². The molecule has 1 unspecified atom stereocenters. The topological polar surface area (TPSA) is 100 Å². The molecule has 3 N–H and O–H groups in total. The normalized spacial score (nSPS) is 25.5. The number of amides is 1. The summed E-state index contributed by atoms with van der Waals surface area (Å²) in [6, 6.07) is 0. The maximum Gasteiger partial charge on any atom is 0.508 e. The molecule has 1 rings (SSSR count). The Morgan fingerprint density at radius 2 is 2.40 bits per heavy atom. The molecular formula is C6H9N3O5S. The van der Waals surface area contributed by atoms with Crippen molar-refractivity contribution in [2.24, 2.45) is 0 Å². The van der Waals surface area contributed by atoms with Crippen LogP contribution in [0.5, 0.6) is 0 Å². The van der Waals surface area contributed by atoms with Gasteiger partial charge in [0.15, 0.2) is 0 Å². The molecule has 1 heterocycles. The number of carboxylic acid groups (broad SMARTS) is 1. The monoisotopic (exact) mass is 235 g/mol. The standard InChI is InChI=1S/C6H9N3O5S/c1-7-4(10)6(14-5(11)12)2-3-13-8-9(6)15/h2-3,8,15H,1H3,(H,7,10)(H,11,12). The lowest BCUT2D eigenvalue weighted by atomic mass is 10.2.